The number of hydrogen-bond donors (Lipinski definition) is 1. The zero-order valence-electron chi connectivity index (χ0n) is 15.9. The molecule has 1 aliphatic heterocycles. The van der Waals surface area contributed by atoms with E-state index >= 15 is 0 Å². The highest BCUT2D eigenvalue weighted by atomic mass is 32.2. The summed E-state index contributed by atoms with van der Waals surface area (Å²) in [6.45, 7) is 3.63. The van der Waals surface area contributed by atoms with Gasteiger partial charge in [-0.25, -0.2) is 13.6 Å². The average molecular weight is 401 g/mol. The number of ether oxygens (including phenoxy) is 1. The number of rotatable bonds is 4. The lowest BCUT2D eigenvalue weighted by atomic mass is 10.0. The molecule has 0 radical (unpaired) electrons. The van der Waals surface area contributed by atoms with Gasteiger partial charge in [-0.1, -0.05) is 24.3 Å². The maximum atomic E-state index is 12.2. The molecule has 0 aliphatic carbocycles. The second-order valence-corrected chi connectivity index (χ2v) is 8.44. The molecule has 3 aromatic rings. The predicted molar refractivity (Wildman–Crippen MR) is 109 cm³/mol. The van der Waals surface area contributed by atoms with Crippen molar-refractivity contribution in [2.24, 2.45) is 5.14 Å². The van der Waals surface area contributed by atoms with Gasteiger partial charge in [0.2, 0.25) is 5.09 Å². The fourth-order valence-electron chi connectivity index (χ4n) is 3.64. The Morgan fingerprint density at radius 1 is 1.07 bits per heavy atom. The van der Waals surface area contributed by atoms with Crippen LogP contribution >= 0.6 is 0 Å². The number of piperazine rings is 1. The number of sulfonamides is 1. The van der Waals surface area contributed by atoms with Gasteiger partial charge in [0.05, 0.1) is 12.8 Å². The Morgan fingerprint density at radius 2 is 1.79 bits per heavy atom. The summed E-state index contributed by atoms with van der Waals surface area (Å²) < 4.78 is 35.5. The molecule has 1 aliphatic rings. The average Bonchev–Trinajstić information content (AvgIpc) is 3.08. The molecule has 2 N–H and O–H groups in total. The van der Waals surface area contributed by atoms with Gasteiger partial charge in [-0.15, -0.1) is 0 Å². The molecule has 0 spiro atoms. The van der Waals surface area contributed by atoms with Gasteiger partial charge >= 0.3 is 0 Å². The van der Waals surface area contributed by atoms with Crippen LogP contribution in [0.5, 0.6) is 5.75 Å². The molecule has 7 nitrogen and oxygen atoms in total. The molecular formula is C20H23N3O4S. The van der Waals surface area contributed by atoms with Crippen LogP contribution in [0.15, 0.2) is 52.0 Å². The van der Waals surface area contributed by atoms with Crippen LogP contribution < -0.4 is 14.8 Å². The zero-order chi connectivity index (χ0) is 19.9. The summed E-state index contributed by atoms with van der Waals surface area (Å²) in [5.41, 5.74) is 2.62. The first-order chi connectivity index (χ1) is 13.4. The second-order valence-electron chi connectivity index (χ2n) is 6.98. The largest absolute Gasteiger partial charge is 0.495 e. The van der Waals surface area contributed by atoms with Crippen molar-refractivity contribution in [3.05, 3.63) is 42.5 Å². The first-order valence-corrected chi connectivity index (χ1v) is 10.6. The summed E-state index contributed by atoms with van der Waals surface area (Å²) in [6.07, 6.45) is 0. The van der Waals surface area contributed by atoms with Gasteiger partial charge in [0.25, 0.3) is 10.0 Å². The molecule has 2 heterocycles. The number of likely N-dealkylation sites (N-methyl/N-ethyl adjacent to an activating group) is 1. The number of nitrogens with two attached hydrogens (primary N) is 1. The van der Waals surface area contributed by atoms with Crippen LogP contribution in [0.2, 0.25) is 0 Å². The third kappa shape index (κ3) is 3.34. The van der Waals surface area contributed by atoms with E-state index in [1.165, 1.54) is 0 Å². The van der Waals surface area contributed by atoms with Gasteiger partial charge < -0.3 is 19.0 Å². The molecule has 1 saturated heterocycles. The van der Waals surface area contributed by atoms with Crippen LogP contribution in [-0.4, -0.2) is 53.7 Å². The molecule has 0 amide bonds. The standard InChI is InChI=1S/C20H23N3O4S/c1-22-9-11-23(12-10-22)16-13-14(7-8-18(16)26-2)19-15-5-3-4-6-17(15)27-20(19)28(21,24)25/h3-8,13H,9-12H2,1-2H3,(H2,21,24,25). The Labute approximate surface area is 164 Å². The van der Waals surface area contributed by atoms with E-state index in [1.54, 1.807) is 19.2 Å². The highest BCUT2D eigenvalue weighted by Crippen LogP contribution is 2.40. The van der Waals surface area contributed by atoms with E-state index < -0.39 is 10.0 Å². The number of para-hydroxylation sites is 1. The van der Waals surface area contributed by atoms with Gasteiger partial charge in [0, 0.05) is 37.1 Å². The molecule has 2 aromatic carbocycles. The zero-order valence-corrected chi connectivity index (χ0v) is 16.7. The Kier molecular flexibility index (Phi) is 4.78. The Hall–Kier alpha value is -2.55. The number of methoxy groups -OCH3 is 1. The van der Waals surface area contributed by atoms with Crippen LogP contribution in [0.1, 0.15) is 0 Å². The van der Waals surface area contributed by atoms with Gasteiger partial charge in [-0.3, -0.25) is 0 Å². The lowest BCUT2D eigenvalue weighted by molar-refractivity contribution is 0.311. The van der Waals surface area contributed by atoms with Crippen molar-refractivity contribution in [2.45, 2.75) is 5.09 Å². The quantitative estimate of drug-likeness (QED) is 0.723. The first kappa shape index (κ1) is 18.8. The maximum Gasteiger partial charge on any atom is 0.272 e. The third-order valence-electron chi connectivity index (χ3n) is 5.13. The number of nitrogens with zero attached hydrogens (tertiary/aromatic N) is 2. The molecule has 8 heteroatoms. The lowest BCUT2D eigenvalue weighted by Gasteiger charge is -2.35. The van der Waals surface area contributed by atoms with E-state index in [0.717, 1.165) is 43.2 Å². The molecule has 148 valence electrons. The summed E-state index contributed by atoms with van der Waals surface area (Å²) in [5.74, 6) is 0.748. The molecule has 0 unspecified atom stereocenters. The lowest BCUT2D eigenvalue weighted by Crippen LogP contribution is -2.44. The van der Waals surface area contributed by atoms with E-state index in [0.29, 0.717) is 16.5 Å². The van der Waals surface area contributed by atoms with Crippen molar-refractivity contribution >= 4 is 26.7 Å². The van der Waals surface area contributed by atoms with Crippen molar-refractivity contribution < 1.29 is 17.6 Å². The van der Waals surface area contributed by atoms with Gasteiger partial charge in [-0.2, -0.15) is 0 Å². The normalized spacial score (nSPS) is 15.9. The van der Waals surface area contributed by atoms with E-state index in [-0.39, 0.29) is 5.09 Å². The maximum absolute atomic E-state index is 12.2. The van der Waals surface area contributed by atoms with Crippen LogP contribution in [0, 0.1) is 0 Å². The van der Waals surface area contributed by atoms with Crippen LogP contribution in [0.25, 0.3) is 22.1 Å². The number of benzene rings is 2. The Morgan fingerprint density at radius 3 is 2.46 bits per heavy atom. The summed E-state index contributed by atoms with van der Waals surface area (Å²) in [5, 5.41) is 5.94. The van der Waals surface area contributed by atoms with Crippen molar-refractivity contribution in [3.63, 3.8) is 0 Å². The minimum atomic E-state index is -4.02. The van der Waals surface area contributed by atoms with Crippen LogP contribution in [0.4, 0.5) is 5.69 Å². The van der Waals surface area contributed by atoms with E-state index in [1.807, 2.05) is 30.3 Å². The van der Waals surface area contributed by atoms with Gasteiger partial charge in [-0.05, 0) is 30.8 Å². The van der Waals surface area contributed by atoms with Crippen LogP contribution in [-0.2, 0) is 10.0 Å². The summed E-state index contributed by atoms with van der Waals surface area (Å²) >= 11 is 0. The highest BCUT2D eigenvalue weighted by Gasteiger charge is 2.26. The summed E-state index contributed by atoms with van der Waals surface area (Å²) in [4.78, 5) is 4.52. The number of furan rings is 1. The fraction of sp³-hybridized carbons (Fsp3) is 0.300. The fourth-order valence-corrected chi connectivity index (χ4v) is 4.35. The smallest absolute Gasteiger partial charge is 0.272 e. The van der Waals surface area contributed by atoms with Crippen molar-refractivity contribution in [2.75, 3.05) is 45.2 Å². The molecule has 28 heavy (non-hydrogen) atoms. The topological polar surface area (TPSA) is 89.0 Å². The minimum absolute atomic E-state index is 0.219. The van der Waals surface area contributed by atoms with Crippen LogP contribution in [0.3, 0.4) is 0 Å². The molecule has 4 rings (SSSR count). The molecule has 1 fully saturated rings. The Bertz CT molecular complexity index is 1120. The Balaban J connectivity index is 1.90. The number of fused-ring (bicyclic) bond motifs is 1. The monoisotopic (exact) mass is 401 g/mol. The van der Waals surface area contributed by atoms with E-state index in [4.69, 9.17) is 14.3 Å². The molecule has 0 atom stereocenters. The molecule has 0 bridgehead atoms. The minimum Gasteiger partial charge on any atom is -0.495 e. The number of hydrogen-bond acceptors (Lipinski definition) is 6. The van der Waals surface area contributed by atoms with Crippen molar-refractivity contribution in [3.8, 4) is 16.9 Å². The van der Waals surface area contributed by atoms with Gasteiger partial charge in [0.15, 0.2) is 0 Å². The summed E-state index contributed by atoms with van der Waals surface area (Å²) in [6, 6.07) is 12.9. The van der Waals surface area contributed by atoms with E-state index in [2.05, 4.69) is 16.8 Å². The van der Waals surface area contributed by atoms with Crippen molar-refractivity contribution in [1.29, 1.82) is 0 Å². The SMILES string of the molecule is COc1ccc(-c2c(S(N)(=O)=O)oc3ccccc23)cc1N1CCN(C)CC1. The number of anilines is 1. The third-order valence-corrected chi connectivity index (χ3v) is 5.94. The highest BCUT2D eigenvalue weighted by molar-refractivity contribution is 7.89. The second kappa shape index (κ2) is 7.12. The predicted octanol–water partition coefficient (Wildman–Crippen LogP) is 2.51. The first-order valence-electron chi connectivity index (χ1n) is 9.04. The van der Waals surface area contributed by atoms with Gasteiger partial charge in [0.1, 0.15) is 11.3 Å². The molecule has 0 saturated carbocycles. The number of primary sulfonamides is 1. The van der Waals surface area contributed by atoms with E-state index in [9.17, 15) is 8.42 Å². The molecular weight excluding hydrogens is 378 g/mol. The van der Waals surface area contributed by atoms with Crippen molar-refractivity contribution in [1.82, 2.24) is 4.90 Å². The molecule has 1 aromatic heterocycles. The summed E-state index contributed by atoms with van der Waals surface area (Å²) in [7, 11) is -0.288.